The summed E-state index contributed by atoms with van der Waals surface area (Å²) in [6, 6.07) is 7.40. The first-order chi connectivity index (χ1) is 9.02. The molecule has 0 radical (unpaired) electrons. The Morgan fingerprint density at radius 2 is 2.00 bits per heavy atom. The molecule has 4 heteroatoms. The summed E-state index contributed by atoms with van der Waals surface area (Å²) in [6.07, 6.45) is 2.61. The highest BCUT2D eigenvalue weighted by molar-refractivity contribution is 9.13. The molecule has 2 rings (SSSR count). The van der Waals surface area contributed by atoms with Crippen molar-refractivity contribution < 1.29 is 0 Å². The van der Waals surface area contributed by atoms with Crippen LogP contribution >= 0.6 is 31.9 Å². The van der Waals surface area contributed by atoms with Crippen molar-refractivity contribution in [3.63, 3.8) is 0 Å². The second kappa shape index (κ2) is 6.70. The molecule has 2 N–H and O–H groups in total. The van der Waals surface area contributed by atoms with Crippen LogP contribution in [0.1, 0.15) is 38.3 Å². The summed E-state index contributed by atoms with van der Waals surface area (Å²) in [7, 11) is 0. The number of halogens is 2. The van der Waals surface area contributed by atoms with Crippen LogP contribution in [0, 0.1) is 5.92 Å². The summed E-state index contributed by atoms with van der Waals surface area (Å²) >= 11 is 7.11. The predicted molar refractivity (Wildman–Crippen MR) is 88.2 cm³/mol. The maximum atomic E-state index is 6.06. The van der Waals surface area contributed by atoms with Crippen LogP contribution in [0.5, 0.6) is 0 Å². The van der Waals surface area contributed by atoms with E-state index in [1.807, 2.05) is 0 Å². The molecule has 0 aromatic heterocycles. The van der Waals surface area contributed by atoms with Crippen molar-refractivity contribution in [3.8, 4) is 0 Å². The van der Waals surface area contributed by atoms with Gasteiger partial charge >= 0.3 is 0 Å². The topological polar surface area (TPSA) is 29.3 Å². The number of piperidine rings is 1. The molecule has 0 amide bonds. The molecular formula is C15H22Br2N2. The lowest BCUT2D eigenvalue weighted by Gasteiger charge is -2.42. The van der Waals surface area contributed by atoms with Crippen molar-refractivity contribution in [2.45, 2.75) is 38.8 Å². The summed E-state index contributed by atoms with van der Waals surface area (Å²) in [5.41, 5.74) is 7.37. The molecule has 1 aromatic carbocycles. The van der Waals surface area contributed by atoms with Crippen molar-refractivity contribution in [1.82, 2.24) is 4.90 Å². The molecule has 3 atom stereocenters. The summed E-state index contributed by atoms with van der Waals surface area (Å²) in [6.45, 7) is 6.48. The Hall–Kier alpha value is 0.1000. The van der Waals surface area contributed by atoms with E-state index in [-0.39, 0.29) is 0 Å². The van der Waals surface area contributed by atoms with Gasteiger partial charge in [-0.15, -0.1) is 0 Å². The lowest BCUT2D eigenvalue weighted by molar-refractivity contribution is 0.0798. The van der Waals surface area contributed by atoms with Crippen LogP contribution in [0.2, 0.25) is 0 Å². The monoisotopic (exact) mass is 388 g/mol. The third-order valence-corrected chi connectivity index (χ3v) is 6.00. The minimum absolute atomic E-state index is 0.321. The fourth-order valence-electron chi connectivity index (χ4n) is 2.94. The van der Waals surface area contributed by atoms with Crippen LogP contribution in [0.25, 0.3) is 0 Å². The quantitative estimate of drug-likeness (QED) is 0.833. The normalized spacial score (nSPS) is 26.4. The van der Waals surface area contributed by atoms with Gasteiger partial charge in [0, 0.05) is 34.1 Å². The molecule has 1 fully saturated rings. The number of rotatable bonds is 3. The third-order valence-electron chi connectivity index (χ3n) is 4.12. The van der Waals surface area contributed by atoms with Gasteiger partial charge in [-0.05, 0) is 75.2 Å². The predicted octanol–water partition coefficient (Wildman–Crippen LogP) is 4.33. The number of hydrogen-bond donors (Lipinski definition) is 1. The van der Waals surface area contributed by atoms with Crippen LogP contribution in [-0.4, -0.2) is 24.0 Å². The smallest absolute Gasteiger partial charge is 0.0473 e. The molecule has 19 heavy (non-hydrogen) atoms. The number of nitrogens with two attached hydrogens (primary N) is 1. The van der Waals surface area contributed by atoms with Crippen LogP contribution in [0.3, 0.4) is 0 Å². The molecule has 3 unspecified atom stereocenters. The Bertz CT molecular complexity index is 436. The van der Waals surface area contributed by atoms with Gasteiger partial charge in [0.05, 0.1) is 0 Å². The van der Waals surface area contributed by atoms with Crippen LogP contribution in [0.4, 0.5) is 0 Å². The molecule has 1 heterocycles. The SMILES string of the molecule is CC1CCC(C)N(C(CN)c2ccc(Br)c(Br)c2)C1. The van der Waals surface area contributed by atoms with E-state index >= 15 is 0 Å². The van der Waals surface area contributed by atoms with E-state index in [2.05, 4.69) is 68.8 Å². The molecule has 0 aliphatic carbocycles. The molecular weight excluding hydrogens is 368 g/mol. The number of benzene rings is 1. The van der Waals surface area contributed by atoms with E-state index in [0.717, 1.165) is 21.4 Å². The minimum atomic E-state index is 0.321. The second-order valence-corrected chi connectivity index (χ2v) is 7.36. The Morgan fingerprint density at radius 1 is 1.26 bits per heavy atom. The molecule has 106 valence electrons. The third kappa shape index (κ3) is 3.60. The Kier molecular flexibility index (Phi) is 5.46. The highest BCUT2D eigenvalue weighted by Crippen LogP contribution is 2.33. The molecule has 1 aliphatic heterocycles. The second-order valence-electron chi connectivity index (χ2n) is 5.65. The van der Waals surface area contributed by atoms with Crippen molar-refractivity contribution in [2.75, 3.05) is 13.1 Å². The molecule has 1 aromatic rings. The Balaban J connectivity index is 2.25. The zero-order valence-corrected chi connectivity index (χ0v) is 14.7. The van der Waals surface area contributed by atoms with Gasteiger partial charge in [-0.25, -0.2) is 0 Å². The Morgan fingerprint density at radius 3 is 2.63 bits per heavy atom. The minimum Gasteiger partial charge on any atom is -0.329 e. The Labute approximate surface area is 133 Å². The molecule has 2 nitrogen and oxygen atoms in total. The summed E-state index contributed by atoms with van der Waals surface area (Å²) in [5.74, 6) is 0.768. The van der Waals surface area contributed by atoms with Gasteiger partial charge < -0.3 is 5.73 Å². The number of likely N-dealkylation sites (tertiary alicyclic amines) is 1. The van der Waals surface area contributed by atoms with Gasteiger partial charge in [-0.1, -0.05) is 13.0 Å². The van der Waals surface area contributed by atoms with Gasteiger partial charge in [0.15, 0.2) is 0 Å². The zero-order chi connectivity index (χ0) is 14.0. The van der Waals surface area contributed by atoms with Crippen molar-refractivity contribution in [1.29, 1.82) is 0 Å². The summed E-state index contributed by atoms with van der Waals surface area (Å²) in [4.78, 5) is 2.57. The van der Waals surface area contributed by atoms with Crippen molar-refractivity contribution >= 4 is 31.9 Å². The van der Waals surface area contributed by atoms with E-state index in [9.17, 15) is 0 Å². The average molecular weight is 390 g/mol. The van der Waals surface area contributed by atoms with Crippen molar-refractivity contribution in [3.05, 3.63) is 32.7 Å². The van der Waals surface area contributed by atoms with Crippen molar-refractivity contribution in [2.24, 2.45) is 11.7 Å². The van der Waals surface area contributed by atoms with Gasteiger partial charge in [0.2, 0.25) is 0 Å². The van der Waals surface area contributed by atoms with E-state index in [1.54, 1.807) is 0 Å². The van der Waals surface area contributed by atoms with E-state index in [0.29, 0.717) is 18.6 Å². The standard InChI is InChI=1S/C15H22Br2N2/c1-10-3-4-11(2)19(9-10)15(8-18)12-5-6-13(16)14(17)7-12/h5-7,10-11,15H,3-4,8-9,18H2,1-2H3. The molecule has 0 bridgehead atoms. The van der Waals surface area contributed by atoms with Crippen LogP contribution < -0.4 is 5.73 Å². The fourth-order valence-corrected chi connectivity index (χ4v) is 3.58. The van der Waals surface area contributed by atoms with Crippen LogP contribution in [0.15, 0.2) is 27.1 Å². The molecule has 0 spiro atoms. The van der Waals surface area contributed by atoms with E-state index in [1.165, 1.54) is 18.4 Å². The molecule has 0 saturated carbocycles. The molecule has 1 aliphatic rings. The maximum absolute atomic E-state index is 6.06. The highest BCUT2D eigenvalue weighted by atomic mass is 79.9. The number of nitrogens with zero attached hydrogens (tertiary/aromatic N) is 1. The summed E-state index contributed by atoms with van der Waals surface area (Å²) < 4.78 is 2.19. The lowest BCUT2D eigenvalue weighted by Crippen LogP contribution is -2.45. The van der Waals surface area contributed by atoms with E-state index in [4.69, 9.17) is 5.73 Å². The fraction of sp³-hybridized carbons (Fsp3) is 0.600. The number of hydrogen-bond acceptors (Lipinski definition) is 2. The summed E-state index contributed by atoms with van der Waals surface area (Å²) in [5, 5.41) is 0. The van der Waals surface area contributed by atoms with Crippen LogP contribution in [-0.2, 0) is 0 Å². The first-order valence-corrected chi connectivity index (χ1v) is 8.52. The maximum Gasteiger partial charge on any atom is 0.0473 e. The first kappa shape index (κ1) is 15.5. The van der Waals surface area contributed by atoms with Gasteiger partial charge in [0.25, 0.3) is 0 Å². The highest BCUT2D eigenvalue weighted by Gasteiger charge is 2.29. The zero-order valence-electron chi connectivity index (χ0n) is 11.6. The molecule has 1 saturated heterocycles. The largest absolute Gasteiger partial charge is 0.329 e. The average Bonchev–Trinajstić information content (AvgIpc) is 2.38. The first-order valence-electron chi connectivity index (χ1n) is 6.93. The van der Waals surface area contributed by atoms with Gasteiger partial charge in [0.1, 0.15) is 0 Å². The van der Waals surface area contributed by atoms with E-state index < -0.39 is 0 Å². The van der Waals surface area contributed by atoms with Gasteiger partial charge in [-0.3, -0.25) is 4.90 Å². The lowest BCUT2D eigenvalue weighted by atomic mass is 9.91. The van der Waals surface area contributed by atoms with Gasteiger partial charge in [-0.2, -0.15) is 0 Å².